The Hall–Kier alpha value is -1.11. The molecule has 0 bridgehead atoms. The quantitative estimate of drug-likeness (QED) is 0.839. The van der Waals surface area contributed by atoms with Gasteiger partial charge in [-0.25, -0.2) is 0 Å². The van der Waals surface area contributed by atoms with Gasteiger partial charge < -0.3 is 10.2 Å². The zero-order valence-corrected chi connectivity index (χ0v) is 14.6. The lowest BCUT2D eigenvalue weighted by atomic mass is 10.0. The van der Waals surface area contributed by atoms with Crippen LogP contribution in [0.1, 0.15) is 31.9 Å². The standard InChI is InChI=1S/C15H22N4S2/c1-5-12(16-6-2)11-9-7-8-10-13(11)20-15-18-17-14(21-15)19(3)4/h7-10,12,16H,5-6H2,1-4H3. The third kappa shape index (κ3) is 4.18. The van der Waals surface area contributed by atoms with Crippen molar-refractivity contribution in [2.24, 2.45) is 0 Å². The zero-order chi connectivity index (χ0) is 15.2. The highest BCUT2D eigenvalue weighted by Gasteiger charge is 2.15. The van der Waals surface area contributed by atoms with E-state index in [0.29, 0.717) is 6.04 Å². The van der Waals surface area contributed by atoms with E-state index in [1.54, 1.807) is 23.1 Å². The molecule has 21 heavy (non-hydrogen) atoms. The monoisotopic (exact) mass is 322 g/mol. The molecule has 1 unspecified atom stereocenters. The molecular weight excluding hydrogens is 300 g/mol. The van der Waals surface area contributed by atoms with Crippen molar-refractivity contribution in [1.82, 2.24) is 15.5 Å². The fourth-order valence-electron chi connectivity index (χ4n) is 2.10. The molecule has 2 aromatic rings. The Morgan fingerprint density at radius 1 is 1.24 bits per heavy atom. The predicted octanol–water partition coefficient (Wildman–Crippen LogP) is 3.82. The van der Waals surface area contributed by atoms with Crippen molar-refractivity contribution < 1.29 is 0 Å². The van der Waals surface area contributed by atoms with E-state index in [9.17, 15) is 0 Å². The highest BCUT2D eigenvalue weighted by Crippen LogP contribution is 2.36. The van der Waals surface area contributed by atoms with Crippen molar-refractivity contribution in [2.75, 3.05) is 25.5 Å². The normalized spacial score (nSPS) is 12.4. The molecule has 2 rings (SSSR count). The van der Waals surface area contributed by atoms with Crippen molar-refractivity contribution in [3.05, 3.63) is 29.8 Å². The van der Waals surface area contributed by atoms with E-state index in [1.165, 1.54) is 10.5 Å². The summed E-state index contributed by atoms with van der Waals surface area (Å²) in [6.07, 6.45) is 1.07. The molecule has 1 aromatic carbocycles. The second-order valence-electron chi connectivity index (χ2n) is 4.90. The van der Waals surface area contributed by atoms with Gasteiger partial charge in [0, 0.05) is 25.0 Å². The number of rotatable bonds is 7. The molecule has 4 nitrogen and oxygen atoms in total. The van der Waals surface area contributed by atoms with Crippen LogP contribution in [-0.4, -0.2) is 30.8 Å². The Morgan fingerprint density at radius 3 is 2.62 bits per heavy atom. The lowest BCUT2D eigenvalue weighted by Gasteiger charge is -2.19. The van der Waals surface area contributed by atoms with Gasteiger partial charge >= 0.3 is 0 Å². The molecule has 1 aromatic heterocycles. The number of nitrogens with zero attached hydrogens (tertiary/aromatic N) is 3. The highest BCUT2D eigenvalue weighted by molar-refractivity contribution is 8.01. The molecule has 0 amide bonds. The Bertz CT molecular complexity index is 568. The van der Waals surface area contributed by atoms with Crippen LogP contribution in [-0.2, 0) is 0 Å². The van der Waals surface area contributed by atoms with E-state index >= 15 is 0 Å². The highest BCUT2D eigenvalue weighted by atomic mass is 32.2. The van der Waals surface area contributed by atoms with E-state index in [0.717, 1.165) is 22.4 Å². The third-order valence-electron chi connectivity index (χ3n) is 3.13. The fourth-order valence-corrected chi connectivity index (χ4v) is 4.01. The lowest BCUT2D eigenvalue weighted by molar-refractivity contribution is 0.530. The average molecular weight is 323 g/mol. The molecule has 114 valence electrons. The van der Waals surface area contributed by atoms with Gasteiger partial charge in [0.2, 0.25) is 5.13 Å². The molecule has 0 fully saturated rings. The van der Waals surface area contributed by atoms with Crippen molar-refractivity contribution in [2.45, 2.75) is 35.5 Å². The van der Waals surface area contributed by atoms with Gasteiger partial charge in [-0.1, -0.05) is 55.1 Å². The van der Waals surface area contributed by atoms with E-state index < -0.39 is 0 Å². The average Bonchev–Trinajstić information content (AvgIpc) is 2.94. The van der Waals surface area contributed by atoms with Crippen LogP contribution >= 0.6 is 23.1 Å². The second kappa shape index (κ2) is 7.77. The number of hydrogen-bond donors (Lipinski definition) is 1. The molecule has 0 aliphatic rings. The molecule has 0 aliphatic heterocycles. The summed E-state index contributed by atoms with van der Waals surface area (Å²) in [7, 11) is 3.97. The SMILES string of the molecule is CCNC(CC)c1ccccc1Sc1nnc(N(C)C)s1. The largest absolute Gasteiger partial charge is 0.353 e. The van der Waals surface area contributed by atoms with Crippen LogP contribution in [0.25, 0.3) is 0 Å². The summed E-state index contributed by atoms with van der Waals surface area (Å²) >= 11 is 3.32. The maximum Gasteiger partial charge on any atom is 0.208 e. The molecule has 0 saturated carbocycles. The van der Waals surface area contributed by atoms with Crippen molar-refractivity contribution in [1.29, 1.82) is 0 Å². The van der Waals surface area contributed by atoms with Gasteiger partial charge in [-0.15, -0.1) is 10.2 Å². The molecule has 0 radical (unpaired) electrons. The maximum atomic E-state index is 4.27. The second-order valence-corrected chi connectivity index (χ2v) is 7.15. The number of hydrogen-bond acceptors (Lipinski definition) is 6. The zero-order valence-electron chi connectivity index (χ0n) is 13.0. The van der Waals surface area contributed by atoms with Crippen molar-refractivity contribution in [3.63, 3.8) is 0 Å². The van der Waals surface area contributed by atoms with Gasteiger partial charge in [0.1, 0.15) is 0 Å². The number of benzene rings is 1. The lowest BCUT2D eigenvalue weighted by Crippen LogP contribution is -2.20. The van der Waals surface area contributed by atoms with Crippen LogP contribution in [0, 0.1) is 0 Å². The number of anilines is 1. The van der Waals surface area contributed by atoms with E-state index in [2.05, 4.69) is 53.6 Å². The topological polar surface area (TPSA) is 41.1 Å². The third-order valence-corrected chi connectivity index (χ3v) is 5.36. The number of aromatic nitrogens is 2. The van der Waals surface area contributed by atoms with E-state index in [1.807, 2.05) is 19.0 Å². The van der Waals surface area contributed by atoms with Crippen LogP contribution in [0.4, 0.5) is 5.13 Å². The van der Waals surface area contributed by atoms with Gasteiger partial charge in [-0.3, -0.25) is 0 Å². The summed E-state index contributed by atoms with van der Waals surface area (Å²) in [5.41, 5.74) is 1.34. The van der Waals surface area contributed by atoms with Crippen LogP contribution < -0.4 is 10.2 Å². The summed E-state index contributed by atoms with van der Waals surface area (Å²) in [5.74, 6) is 0. The van der Waals surface area contributed by atoms with E-state index in [4.69, 9.17) is 0 Å². The number of nitrogens with one attached hydrogen (secondary N) is 1. The fraction of sp³-hybridized carbons (Fsp3) is 0.467. The Morgan fingerprint density at radius 2 is 2.00 bits per heavy atom. The molecule has 1 heterocycles. The smallest absolute Gasteiger partial charge is 0.208 e. The molecule has 0 saturated heterocycles. The summed E-state index contributed by atoms with van der Waals surface area (Å²) in [4.78, 5) is 3.24. The molecule has 0 spiro atoms. The molecule has 1 atom stereocenters. The first kappa shape index (κ1) is 16.3. The van der Waals surface area contributed by atoms with Gasteiger partial charge in [0.05, 0.1) is 0 Å². The van der Waals surface area contributed by atoms with Gasteiger partial charge in [-0.05, 0) is 24.6 Å². The van der Waals surface area contributed by atoms with Crippen LogP contribution in [0.2, 0.25) is 0 Å². The first-order valence-corrected chi connectivity index (χ1v) is 8.80. The first-order chi connectivity index (χ1) is 10.2. The summed E-state index contributed by atoms with van der Waals surface area (Å²) in [6, 6.07) is 8.94. The molecule has 6 heteroatoms. The Labute approximate surface area is 135 Å². The molecular formula is C15H22N4S2. The van der Waals surface area contributed by atoms with Crippen LogP contribution in [0.3, 0.4) is 0 Å². The van der Waals surface area contributed by atoms with Gasteiger partial charge in [-0.2, -0.15) is 0 Å². The van der Waals surface area contributed by atoms with Crippen LogP contribution in [0.15, 0.2) is 33.5 Å². The minimum Gasteiger partial charge on any atom is -0.353 e. The minimum atomic E-state index is 0.389. The molecule has 1 N–H and O–H groups in total. The minimum absolute atomic E-state index is 0.389. The van der Waals surface area contributed by atoms with Gasteiger partial charge in [0.25, 0.3) is 0 Å². The van der Waals surface area contributed by atoms with Crippen molar-refractivity contribution in [3.8, 4) is 0 Å². The Kier molecular flexibility index (Phi) is 6.02. The van der Waals surface area contributed by atoms with Crippen LogP contribution in [0.5, 0.6) is 0 Å². The van der Waals surface area contributed by atoms with Gasteiger partial charge in [0.15, 0.2) is 4.34 Å². The summed E-state index contributed by atoms with van der Waals surface area (Å²) in [6.45, 7) is 5.33. The molecule has 0 aliphatic carbocycles. The first-order valence-electron chi connectivity index (χ1n) is 7.16. The predicted molar refractivity (Wildman–Crippen MR) is 91.5 cm³/mol. The van der Waals surface area contributed by atoms with Crippen molar-refractivity contribution >= 4 is 28.2 Å². The maximum absolute atomic E-state index is 4.27. The Balaban J connectivity index is 2.22. The van der Waals surface area contributed by atoms with E-state index in [-0.39, 0.29) is 0 Å². The summed E-state index contributed by atoms with van der Waals surface area (Å²) in [5, 5.41) is 13.0. The summed E-state index contributed by atoms with van der Waals surface area (Å²) < 4.78 is 0.984.